The Balaban J connectivity index is 1.24. The van der Waals surface area contributed by atoms with Gasteiger partial charge in [0.05, 0.1) is 5.69 Å². The highest BCUT2D eigenvalue weighted by molar-refractivity contribution is 5.83. The third kappa shape index (κ3) is 5.79. The molecule has 0 radical (unpaired) electrons. The van der Waals surface area contributed by atoms with E-state index >= 15 is 0 Å². The van der Waals surface area contributed by atoms with Crippen molar-refractivity contribution in [1.82, 2.24) is 4.57 Å². The number of nitrogens with one attached hydrogen (secondary N) is 1. The van der Waals surface area contributed by atoms with Crippen LogP contribution < -0.4 is 5.32 Å². The molecule has 4 aliphatic carbocycles. The summed E-state index contributed by atoms with van der Waals surface area (Å²) in [7, 11) is 0. The largest absolute Gasteiger partial charge is 0.358 e. The van der Waals surface area contributed by atoms with E-state index < -0.39 is 0 Å². The first kappa shape index (κ1) is 26.9. The van der Waals surface area contributed by atoms with Gasteiger partial charge in [-0.1, -0.05) is 104 Å². The maximum Gasteiger partial charge on any atom is 0.0531 e. The second-order valence-electron chi connectivity index (χ2n) is 11.2. The molecule has 0 amide bonds. The lowest BCUT2D eigenvalue weighted by molar-refractivity contribution is 0.463. The minimum Gasteiger partial charge on any atom is -0.358 e. The van der Waals surface area contributed by atoms with Crippen molar-refractivity contribution in [3.63, 3.8) is 0 Å². The van der Waals surface area contributed by atoms with Gasteiger partial charge in [-0.3, -0.25) is 0 Å². The van der Waals surface area contributed by atoms with Gasteiger partial charge in [0.25, 0.3) is 0 Å². The zero-order valence-corrected chi connectivity index (χ0v) is 24.3. The fourth-order valence-corrected chi connectivity index (χ4v) is 6.36. The van der Waals surface area contributed by atoms with E-state index in [2.05, 4.69) is 151 Å². The first-order valence-corrected chi connectivity index (χ1v) is 15.1. The van der Waals surface area contributed by atoms with Crippen LogP contribution in [0, 0.1) is 11.8 Å². The van der Waals surface area contributed by atoms with Crippen molar-refractivity contribution in [2.24, 2.45) is 11.8 Å². The maximum absolute atomic E-state index is 3.81. The third-order valence-electron chi connectivity index (χ3n) is 8.42. The van der Waals surface area contributed by atoms with Gasteiger partial charge in [-0.15, -0.1) is 0 Å². The van der Waals surface area contributed by atoms with Crippen molar-refractivity contribution in [3.05, 3.63) is 143 Å². The van der Waals surface area contributed by atoms with Gasteiger partial charge >= 0.3 is 0 Å². The number of allylic oxidation sites excluding steroid dienone is 17. The second kappa shape index (κ2) is 12.5. The molecule has 206 valence electrons. The Morgan fingerprint density at radius 1 is 0.902 bits per heavy atom. The fraction of sp³-hybridized carbons (Fsp3) is 0.231. The van der Waals surface area contributed by atoms with Crippen LogP contribution in [0.3, 0.4) is 0 Å². The number of fused-ring (bicyclic) bond motifs is 3. The Morgan fingerprint density at radius 3 is 2.71 bits per heavy atom. The van der Waals surface area contributed by atoms with Crippen LogP contribution in [0.5, 0.6) is 0 Å². The second-order valence-corrected chi connectivity index (χ2v) is 11.2. The number of hydrogen-bond donors (Lipinski definition) is 1. The van der Waals surface area contributed by atoms with Gasteiger partial charge in [0.15, 0.2) is 0 Å². The van der Waals surface area contributed by atoms with Crippen LogP contribution in [0.4, 0.5) is 5.69 Å². The summed E-state index contributed by atoms with van der Waals surface area (Å²) in [5.74, 6) is 0.914. The van der Waals surface area contributed by atoms with Gasteiger partial charge < -0.3 is 9.88 Å². The number of anilines is 1. The topological polar surface area (TPSA) is 17.0 Å². The Labute approximate surface area is 245 Å². The number of aromatic nitrogens is 1. The number of nitrogens with zero attached hydrogens (tertiary/aromatic N) is 1. The van der Waals surface area contributed by atoms with Crippen molar-refractivity contribution in [2.75, 3.05) is 5.32 Å². The molecule has 0 saturated heterocycles. The lowest BCUT2D eigenvalue weighted by atomic mass is 9.78. The van der Waals surface area contributed by atoms with E-state index in [0.29, 0.717) is 11.8 Å². The quantitative estimate of drug-likeness (QED) is 0.348. The SMILES string of the molecule is CC/C=C\C=C(/C)n1c2c(c3c1C=CC(C1C=CC=C(Nc4ccccc4C4=CCC=CC=C4)C1)C3)C=CCC=C2. The molecule has 2 nitrogen and oxygen atoms in total. The molecule has 6 rings (SSSR count). The molecule has 0 saturated carbocycles. The van der Waals surface area contributed by atoms with E-state index in [-0.39, 0.29) is 0 Å². The number of benzene rings is 1. The molecule has 0 fully saturated rings. The molecule has 4 aliphatic rings. The summed E-state index contributed by atoms with van der Waals surface area (Å²) in [6, 6.07) is 8.68. The molecule has 0 bridgehead atoms. The van der Waals surface area contributed by atoms with Gasteiger partial charge in [0.1, 0.15) is 0 Å². The number of para-hydroxylation sites is 1. The average Bonchev–Trinajstić information content (AvgIpc) is 3.24. The van der Waals surface area contributed by atoms with Crippen molar-refractivity contribution >= 4 is 35.2 Å². The van der Waals surface area contributed by atoms with E-state index in [9.17, 15) is 0 Å². The van der Waals surface area contributed by atoms with E-state index in [0.717, 1.165) is 32.1 Å². The zero-order chi connectivity index (χ0) is 28.0. The highest BCUT2D eigenvalue weighted by atomic mass is 15.0. The smallest absolute Gasteiger partial charge is 0.0531 e. The maximum atomic E-state index is 3.81. The van der Waals surface area contributed by atoms with Gasteiger partial charge in [-0.25, -0.2) is 0 Å². The van der Waals surface area contributed by atoms with Crippen LogP contribution in [0.15, 0.2) is 115 Å². The first-order valence-electron chi connectivity index (χ1n) is 15.1. The normalized spacial score (nSPS) is 21.4. The number of hydrogen-bond acceptors (Lipinski definition) is 1. The minimum atomic E-state index is 0.452. The molecule has 1 aromatic carbocycles. The standard InChI is InChI=1S/C39H40N2/c1-3-4-8-16-29(2)41-38-24-12-7-11-22-35(38)36-28-32(25-26-39(36)41)31-19-15-20-33(27-31)40-37-23-14-13-21-34(37)30-17-9-5-6-10-18-30/h4-6,8-9,11-26,31-32,40H,3,7,10,27-28H2,1-2H3/b8-4-,29-16+. The molecule has 1 N–H and O–H groups in total. The molecule has 41 heavy (non-hydrogen) atoms. The predicted molar refractivity (Wildman–Crippen MR) is 179 cm³/mol. The van der Waals surface area contributed by atoms with Crippen LogP contribution in [0.1, 0.15) is 67.6 Å². The molecular formula is C39H40N2. The summed E-state index contributed by atoms with van der Waals surface area (Å²) in [4.78, 5) is 0. The monoisotopic (exact) mass is 536 g/mol. The minimum absolute atomic E-state index is 0.452. The van der Waals surface area contributed by atoms with Crippen LogP contribution in [0.25, 0.3) is 29.5 Å². The highest BCUT2D eigenvalue weighted by Gasteiger charge is 2.29. The third-order valence-corrected chi connectivity index (χ3v) is 8.42. The Kier molecular flexibility index (Phi) is 8.18. The molecule has 2 aromatic rings. The van der Waals surface area contributed by atoms with Crippen molar-refractivity contribution < 1.29 is 0 Å². The van der Waals surface area contributed by atoms with Crippen LogP contribution in [0.2, 0.25) is 0 Å². The molecule has 2 unspecified atom stereocenters. The Hall–Kier alpha value is -4.30. The van der Waals surface area contributed by atoms with Crippen molar-refractivity contribution in [3.8, 4) is 0 Å². The van der Waals surface area contributed by atoms with Gasteiger partial charge in [-0.2, -0.15) is 0 Å². The Bertz CT molecular complexity index is 1600. The summed E-state index contributed by atoms with van der Waals surface area (Å²) in [5.41, 5.74) is 11.7. The van der Waals surface area contributed by atoms with E-state index in [4.69, 9.17) is 0 Å². The highest BCUT2D eigenvalue weighted by Crippen LogP contribution is 2.40. The lowest BCUT2D eigenvalue weighted by Gasteiger charge is -2.29. The number of rotatable bonds is 7. The fourth-order valence-electron chi connectivity index (χ4n) is 6.36. The molecule has 2 atom stereocenters. The van der Waals surface area contributed by atoms with Crippen molar-refractivity contribution in [1.29, 1.82) is 0 Å². The summed E-state index contributed by atoms with van der Waals surface area (Å²) < 4.78 is 2.45. The Morgan fingerprint density at radius 2 is 1.78 bits per heavy atom. The zero-order valence-electron chi connectivity index (χ0n) is 24.3. The molecular weight excluding hydrogens is 496 g/mol. The summed E-state index contributed by atoms with van der Waals surface area (Å²) in [6.45, 7) is 4.41. The summed E-state index contributed by atoms with van der Waals surface area (Å²) in [6.07, 6.45) is 43.7. The molecule has 1 heterocycles. The first-order chi connectivity index (χ1) is 20.2. The lowest BCUT2D eigenvalue weighted by Crippen LogP contribution is -2.20. The molecule has 0 aliphatic heterocycles. The average molecular weight is 537 g/mol. The van der Waals surface area contributed by atoms with Gasteiger partial charge in [-0.05, 0) is 92.4 Å². The van der Waals surface area contributed by atoms with Gasteiger partial charge in [0, 0.05) is 33.9 Å². The van der Waals surface area contributed by atoms with Crippen molar-refractivity contribution in [2.45, 2.75) is 46.0 Å². The van der Waals surface area contributed by atoms with Gasteiger partial charge in [0.2, 0.25) is 0 Å². The van der Waals surface area contributed by atoms with Crippen LogP contribution in [-0.2, 0) is 6.42 Å². The summed E-state index contributed by atoms with van der Waals surface area (Å²) >= 11 is 0. The van der Waals surface area contributed by atoms with E-state index in [1.807, 2.05) is 0 Å². The predicted octanol–water partition coefficient (Wildman–Crippen LogP) is 10.4. The van der Waals surface area contributed by atoms with Crippen LogP contribution in [-0.4, -0.2) is 4.57 Å². The van der Waals surface area contributed by atoms with Crippen LogP contribution >= 0.6 is 0 Å². The molecule has 0 spiro atoms. The summed E-state index contributed by atoms with van der Waals surface area (Å²) in [5, 5.41) is 3.81. The van der Waals surface area contributed by atoms with E-state index in [1.165, 1.54) is 50.7 Å². The molecule has 1 aromatic heterocycles. The molecule has 2 heteroatoms. The van der Waals surface area contributed by atoms with E-state index in [1.54, 1.807) is 0 Å².